The lowest BCUT2D eigenvalue weighted by atomic mass is 10.1. The number of ether oxygens (including phenoxy) is 2. The van der Waals surface area contributed by atoms with Gasteiger partial charge in [-0.2, -0.15) is 4.39 Å². The molecule has 0 fully saturated rings. The van der Waals surface area contributed by atoms with Crippen molar-refractivity contribution in [1.82, 2.24) is 9.97 Å². The molecule has 1 aromatic rings. The fourth-order valence-corrected chi connectivity index (χ4v) is 0.900. The predicted molar refractivity (Wildman–Crippen MR) is 53.2 cm³/mol. The first-order chi connectivity index (χ1) is 7.03. The molecule has 15 heavy (non-hydrogen) atoms. The van der Waals surface area contributed by atoms with Crippen molar-refractivity contribution in [3.8, 4) is 5.88 Å². The number of rotatable bonds is 5. The van der Waals surface area contributed by atoms with Crippen molar-refractivity contribution in [1.29, 1.82) is 0 Å². The Morgan fingerprint density at radius 3 is 2.73 bits per heavy atom. The minimum Gasteiger partial charge on any atom is -0.477 e. The van der Waals surface area contributed by atoms with Crippen LogP contribution in [0, 0.1) is 5.95 Å². The third-order valence-corrected chi connectivity index (χ3v) is 2.12. The summed E-state index contributed by atoms with van der Waals surface area (Å²) >= 11 is 0. The summed E-state index contributed by atoms with van der Waals surface area (Å²) < 4.78 is 23.1. The molecule has 0 aliphatic heterocycles. The van der Waals surface area contributed by atoms with Gasteiger partial charge in [-0.3, -0.25) is 0 Å². The van der Waals surface area contributed by atoms with E-state index in [-0.39, 0.29) is 11.5 Å². The summed E-state index contributed by atoms with van der Waals surface area (Å²) in [5.41, 5.74) is -0.244. The van der Waals surface area contributed by atoms with Gasteiger partial charge in [-0.15, -0.1) is 0 Å². The molecule has 0 saturated heterocycles. The monoisotopic (exact) mass is 214 g/mol. The summed E-state index contributed by atoms with van der Waals surface area (Å²) in [6.07, 6.45) is 1.83. The van der Waals surface area contributed by atoms with Crippen molar-refractivity contribution >= 4 is 0 Å². The van der Waals surface area contributed by atoms with Gasteiger partial charge in [0.2, 0.25) is 11.8 Å². The zero-order chi connectivity index (χ0) is 11.3. The molecule has 0 aliphatic carbocycles. The number of nitrogens with zero attached hydrogens (tertiary/aromatic N) is 2. The number of hydrogen-bond donors (Lipinski definition) is 0. The van der Waals surface area contributed by atoms with Gasteiger partial charge in [0, 0.05) is 13.5 Å². The lowest BCUT2D eigenvalue weighted by Crippen LogP contribution is -2.25. The van der Waals surface area contributed by atoms with Crippen LogP contribution < -0.4 is 4.74 Å². The Balaban J connectivity index is 2.38. The molecule has 0 spiro atoms. The van der Waals surface area contributed by atoms with Crippen molar-refractivity contribution in [2.24, 2.45) is 0 Å². The molecule has 0 aliphatic rings. The third kappa shape index (κ3) is 4.20. The third-order valence-electron chi connectivity index (χ3n) is 2.12. The zero-order valence-electron chi connectivity index (χ0n) is 9.16. The molecule has 0 N–H and O–H groups in total. The quantitative estimate of drug-likeness (QED) is 0.701. The Kier molecular flexibility index (Phi) is 3.96. The number of methoxy groups -OCH3 is 1. The van der Waals surface area contributed by atoms with Crippen molar-refractivity contribution in [3.05, 3.63) is 18.3 Å². The highest BCUT2D eigenvalue weighted by Gasteiger charge is 2.16. The van der Waals surface area contributed by atoms with Gasteiger partial charge in [-0.05, 0) is 13.8 Å². The summed E-state index contributed by atoms with van der Waals surface area (Å²) in [6.45, 7) is 4.34. The van der Waals surface area contributed by atoms with Crippen LogP contribution >= 0.6 is 0 Å². The molecule has 0 bridgehead atoms. The van der Waals surface area contributed by atoms with Gasteiger partial charge in [-0.1, -0.05) is 0 Å². The molecule has 1 rings (SSSR count). The van der Waals surface area contributed by atoms with E-state index in [4.69, 9.17) is 9.47 Å². The average molecular weight is 214 g/mol. The van der Waals surface area contributed by atoms with Crippen LogP contribution in [0.25, 0.3) is 0 Å². The minimum absolute atomic E-state index is 0.244. The lowest BCUT2D eigenvalue weighted by Gasteiger charge is -2.22. The van der Waals surface area contributed by atoms with Gasteiger partial charge >= 0.3 is 0 Å². The maximum absolute atomic E-state index is 12.6. The summed E-state index contributed by atoms with van der Waals surface area (Å²) in [5.74, 6) is -0.347. The normalized spacial score (nSPS) is 11.5. The van der Waals surface area contributed by atoms with Crippen molar-refractivity contribution < 1.29 is 13.9 Å². The van der Waals surface area contributed by atoms with Crippen LogP contribution in [0.5, 0.6) is 5.88 Å². The van der Waals surface area contributed by atoms with Crippen molar-refractivity contribution in [3.63, 3.8) is 0 Å². The molecular formula is C10H15FN2O2. The molecule has 1 aromatic heterocycles. The van der Waals surface area contributed by atoms with Crippen LogP contribution in [0.15, 0.2) is 12.4 Å². The van der Waals surface area contributed by atoms with E-state index in [2.05, 4.69) is 9.97 Å². The topological polar surface area (TPSA) is 44.2 Å². The van der Waals surface area contributed by atoms with E-state index in [0.29, 0.717) is 13.0 Å². The van der Waals surface area contributed by atoms with Gasteiger partial charge in [0.25, 0.3) is 0 Å². The number of aromatic nitrogens is 2. The Labute approximate surface area is 88.5 Å². The van der Waals surface area contributed by atoms with Crippen molar-refractivity contribution in [2.75, 3.05) is 13.7 Å². The molecule has 0 atom stereocenters. The molecule has 0 amide bonds. The molecule has 0 radical (unpaired) electrons. The maximum Gasteiger partial charge on any atom is 0.219 e. The van der Waals surface area contributed by atoms with E-state index in [9.17, 15) is 4.39 Å². The molecule has 0 unspecified atom stereocenters. The van der Waals surface area contributed by atoms with Gasteiger partial charge in [0.1, 0.15) is 6.33 Å². The predicted octanol–water partition coefficient (Wildman–Crippen LogP) is 1.81. The van der Waals surface area contributed by atoms with E-state index in [1.54, 1.807) is 7.11 Å². The van der Waals surface area contributed by atoms with Crippen LogP contribution in [-0.4, -0.2) is 29.3 Å². The Morgan fingerprint density at radius 2 is 2.13 bits per heavy atom. The smallest absolute Gasteiger partial charge is 0.219 e. The summed E-state index contributed by atoms with van der Waals surface area (Å²) in [5, 5.41) is 0. The van der Waals surface area contributed by atoms with Gasteiger partial charge in [0.15, 0.2) is 0 Å². The van der Waals surface area contributed by atoms with Crippen LogP contribution in [0.1, 0.15) is 20.3 Å². The lowest BCUT2D eigenvalue weighted by molar-refractivity contribution is 0.00505. The molecule has 0 aromatic carbocycles. The molecule has 4 nitrogen and oxygen atoms in total. The van der Waals surface area contributed by atoms with Gasteiger partial charge in [0.05, 0.1) is 18.3 Å². The minimum atomic E-state index is -0.592. The fourth-order valence-electron chi connectivity index (χ4n) is 0.900. The van der Waals surface area contributed by atoms with E-state index >= 15 is 0 Å². The summed E-state index contributed by atoms with van der Waals surface area (Å²) in [6, 6.07) is 1.15. The summed E-state index contributed by atoms with van der Waals surface area (Å²) in [7, 11) is 1.64. The Bertz CT molecular complexity index is 318. The van der Waals surface area contributed by atoms with Gasteiger partial charge < -0.3 is 9.47 Å². The maximum atomic E-state index is 12.6. The van der Waals surface area contributed by atoms with E-state index in [1.165, 1.54) is 0 Å². The first-order valence-corrected chi connectivity index (χ1v) is 4.69. The molecule has 84 valence electrons. The number of halogens is 1. The molecule has 5 heteroatoms. The summed E-state index contributed by atoms with van der Waals surface area (Å²) in [4.78, 5) is 7.10. The first kappa shape index (κ1) is 11.8. The largest absolute Gasteiger partial charge is 0.477 e. The molecule has 1 heterocycles. The Morgan fingerprint density at radius 1 is 1.40 bits per heavy atom. The van der Waals surface area contributed by atoms with E-state index in [1.807, 2.05) is 13.8 Å². The molecule has 0 saturated carbocycles. The Hall–Kier alpha value is -1.23. The van der Waals surface area contributed by atoms with E-state index < -0.39 is 5.95 Å². The average Bonchev–Trinajstić information content (AvgIpc) is 2.18. The van der Waals surface area contributed by atoms with Crippen LogP contribution in [0.4, 0.5) is 4.39 Å². The van der Waals surface area contributed by atoms with Crippen molar-refractivity contribution in [2.45, 2.75) is 25.9 Å². The van der Waals surface area contributed by atoms with E-state index in [0.717, 1.165) is 12.4 Å². The van der Waals surface area contributed by atoms with Crippen LogP contribution in [-0.2, 0) is 4.74 Å². The highest BCUT2D eigenvalue weighted by Crippen LogP contribution is 2.14. The second-order valence-electron chi connectivity index (χ2n) is 3.74. The van der Waals surface area contributed by atoms with Gasteiger partial charge in [-0.25, -0.2) is 9.97 Å². The van der Waals surface area contributed by atoms with Crippen LogP contribution in [0.3, 0.4) is 0 Å². The first-order valence-electron chi connectivity index (χ1n) is 4.69. The second-order valence-corrected chi connectivity index (χ2v) is 3.74. The highest BCUT2D eigenvalue weighted by atomic mass is 19.1. The zero-order valence-corrected chi connectivity index (χ0v) is 9.16. The second kappa shape index (κ2) is 5.02. The number of hydrogen-bond acceptors (Lipinski definition) is 4. The highest BCUT2D eigenvalue weighted by molar-refractivity contribution is 5.05. The SMILES string of the molecule is COC(C)(C)CCOc1cc(F)ncn1. The fraction of sp³-hybridized carbons (Fsp3) is 0.600. The van der Waals surface area contributed by atoms with Crippen LogP contribution in [0.2, 0.25) is 0 Å². The molecular weight excluding hydrogens is 199 g/mol. The standard InChI is InChI=1S/C10H15FN2O2/c1-10(2,14-3)4-5-15-9-6-8(11)12-7-13-9/h6-7H,4-5H2,1-3H3.